The molecule has 0 radical (unpaired) electrons. The van der Waals surface area contributed by atoms with E-state index in [1.54, 1.807) is 0 Å². The Labute approximate surface area is 127 Å². The molecule has 8 nitrogen and oxygen atoms in total. The van der Waals surface area contributed by atoms with Crippen LogP contribution in [0.2, 0.25) is 0 Å². The van der Waals surface area contributed by atoms with E-state index in [4.69, 9.17) is 5.11 Å². The summed E-state index contributed by atoms with van der Waals surface area (Å²) in [5.74, 6) is -4.13. The number of ketones is 2. The average molecular weight is 316 g/mol. The number of carbonyl (C=O) groups excluding carboxylic acids is 2. The van der Waals surface area contributed by atoms with Gasteiger partial charge < -0.3 is 25.2 Å². The van der Waals surface area contributed by atoms with Crippen molar-refractivity contribution >= 4 is 17.7 Å². The largest absolute Gasteiger partial charge is 0.511 e. The molecule has 0 fully saturated rings. The monoisotopic (exact) mass is 316 g/mol. The molecule has 0 amide bonds. The molecule has 0 atom stereocenters. The van der Waals surface area contributed by atoms with Crippen LogP contribution in [0.1, 0.15) is 31.8 Å². The number of benzene rings is 2. The summed E-state index contributed by atoms with van der Waals surface area (Å²) in [7, 11) is 0. The molecule has 2 aromatic carbocycles. The maximum Gasteiger partial charge on any atom is 0.511 e. The van der Waals surface area contributed by atoms with Crippen LogP contribution in [0.25, 0.3) is 0 Å². The Balaban J connectivity index is 2.30. The van der Waals surface area contributed by atoms with E-state index >= 15 is 0 Å². The van der Waals surface area contributed by atoms with Gasteiger partial charge in [0.1, 0.15) is 11.5 Å². The molecule has 0 saturated carbocycles. The van der Waals surface area contributed by atoms with Crippen LogP contribution in [0.5, 0.6) is 23.0 Å². The van der Waals surface area contributed by atoms with Crippen LogP contribution < -0.4 is 4.74 Å². The van der Waals surface area contributed by atoms with Gasteiger partial charge in [0.05, 0.1) is 16.7 Å². The Kier molecular flexibility index (Phi) is 2.96. The zero-order valence-corrected chi connectivity index (χ0v) is 11.2. The molecular weight excluding hydrogens is 308 g/mol. The summed E-state index contributed by atoms with van der Waals surface area (Å²) in [5.41, 5.74) is -1.58. The van der Waals surface area contributed by atoms with E-state index in [1.165, 1.54) is 0 Å². The van der Waals surface area contributed by atoms with E-state index in [0.29, 0.717) is 0 Å². The van der Waals surface area contributed by atoms with Gasteiger partial charge in [-0.1, -0.05) is 0 Å². The van der Waals surface area contributed by atoms with Crippen LogP contribution >= 0.6 is 0 Å². The lowest BCUT2D eigenvalue weighted by atomic mass is 9.82. The molecule has 116 valence electrons. The van der Waals surface area contributed by atoms with E-state index in [1.807, 2.05) is 0 Å². The van der Waals surface area contributed by atoms with Crippen molar-refractivity contribution in [1.82, 2.24) is 0 Å². The number of fused-ring (bicyclic) bond motifs is 2. The summed E-state index contributed by atoms with van der Waals surface area (Å²) >= 11 is 0. The second-order valence-electron chi connectivity index (χ2n) is 4.71. The quantitative estimate of drug-likeness (QED) is 0.301. The van der Waals surface area contributed by atoms with E-state index in [2.05, 4.69) is 4.74 Å². The van der Waals surface area contributed by atoms with Gasteiger partial charge in [-0.3, -0.25) is 9.59 Å². The van der Waals surface area contributed by atoms with Gasteiger partial charge in [0, 0.05) is 5.56 Å². The molecule has 0 saturated heterocycles. The molecule has 3 rings (SSSR count). The first-order chi connectivity index (χ1) is 10.8. The van der Waals surface area contributed by atoms with Crippen LogP contribution in [0.3, 0.4) is 0 Å². The third-order valence-corrected chi connectivity index (χ3v) is 3.43. The van der Waals surface area contributed by atoms with Crippen molar-refractivity contribution in [3.05, 3.63) is 46.5 Å². The summed E-state index contributed by atoms with van der Waals surface area (Å²) in [5, 5.41) is 38.2. The third kappa shape index (κ3) is 1.96. The zero-order valence-electron chi connectivity index (χ0n) is 11.2. The highest BCUT2D eigenvalue weighted by molar-refractivity contribution is 6.31. The van der Waals surface area contributed by atoms with Crippen LogP contribution in [-0.2, 0) is 0 Å². The second kappa shape index (κ2) is 4.73. The molecule has 23 heavy (non-hydrogen) atoms. The number of hydrogen-bond acceptors (Lipinski definition) is 7. The van der Waals surface area contributed by atoms with Gasteiger partial charge in [0.25, 0.3) is 0 Å². The zero-order chi connectivity index (χ0) is 16.9. The first-order valence-corrected chi connectivity index (χ1v) is 6.24. The van der Waals surface area contributed by atoms with Gasteiger partial charge in [-0.25, -0.2) is 4.79 Å². The fraction of sp³-hybridized carbons (Fsp3) is 0. The minimum atomic E-state index is -1.71. The van der Waals surface area contributed by atoms with Crippen LogP contribution in [0, 0.1) is 0 Å². The van der Waals surface area contributed by atoms with Crippen molar-refractivity contribution in [2.24, 2.45) is 0 Å². The molecule has 0 heterocycles. The maximum absolute atomic E-state index is 12.5. The standard InChI is InChI=1S/C15H8O8/c16-6-2-3-7(17)11-10(6)12(18)5-1-4-8(23-15(21)22)13(19)9(5)14(11)20/h1-4,16-17,19H,(H,21,22). The number of rotatable bonds is 1. The van der Waals surface area contributed by atoms with Crippen LogP contribution in [-0.4, -0.2) is 38.1 Å². The van der Waals surface area contributed by atoms with Crippen LogP contribution in [0.4, 0.5) is 4.79 Å². The molecule has 0 bridgehead atoms. The number of aromatic hydroxyl groups is 3. The average Bonchev–Trinajstić information content (AvgIpc) is 2.48. The number of hydrogen-bond donors (Lipinski definition) is 4. The maximum atomic E-state index is 12.5. The summed E-state index contributed by atoms with van der Waals surface area (Å²) < 4.78 is 4.33. The third-order valence-electron chi connectivity index (χ3n) is 3.43. The minimum absolute atomic E-state index is 0.237. The molecular formula is C15H8O8. The fourth-order valence-corrected chi connectivity index (χ4v) is 2.47. The molecule has 0 unspecified atom stereocenters. The van der Waals surface area contributed by atoms with E-state index in [0.717, 1.165) is 24.3 Å². The Morgan fingerprint density at radius 2 is 1.39 bits per heavy atom. The number of carboxylic acid groups (broad SMARTS) is 1. The first kappa shape index (κ1) is 14.4. The van der Waals surface area contributed by atoms with Crippen molar-refractivity contribution in [3.63, 3.8) is 0 Å². The second-order valence-corrected chi connectivity index (χ2v) is 4.71. The van der Waals surface area contributed by atoms with Crippen molar-refractivity contribution in [2.75, 3.05) is 0 Å². The number of phenols is 3. The van der Waals surface area contributed by atoms with Gasteiger partial charge in [0.15, 0.2) is 17.3 Å². The summed E-state index contributed by atoms with van der Waals surface area (Å²) in [6, 6.07) is 4.20. The Hall–Kier alpha value is -3.55. The molecule has 0 spiro atoms. The predicted molar refractivity (Wildman–Crippen MR) is 73.4 cm³/mol. The van der Waals surface area contributed by atoms with E-state index in [9.17, 15) is 29.7 Å². The van der Waals surface area contributed by atoms with Gasteiger partial charge in [-0.05, 0) is 24.3 Å². The van der Waals surface area contributed by atoms with Crippen molar-refractivity contribution in [2.45, 2.75) is 0 Å². The van der Waals surface area contributed by atoms with Gasteiger partial charge in [-0.15, -0.1) is 0 Å². The molecule has 0 aromatic heterocycles. The molecule has 1 aliphatic carbocycles. The smallest absolute Gasteiger partial charge is 0.507 e. The Morgan fingerprint density at radius 3 is 1.96 bits per heavy atom. The summed E-state index contributed by atoms with van der Waals surface area (Å²) in [6.45, 7) is 0. The van der Waals surface area contributed by atoms with Crippen molar-refractivity contribution in [1.29, 1.82) is 0 Å². The lowest BCUT2D eigenvalue weighted by Crippen LogP contribution is -2.21. The van der Waals surface area contributed by atoms with Crippen molar-refractivity contribution < 1.29 is 39.5 Å². The molecule has 8 heteroatoms. The molecule has 4 N–H and O–H groups in total. The highest BCUT2D eigenvalue weighted by atomic mass is 16.7. The Morgan fingerprint density at radius 1 is 0.826 bits per heavy atom. The van der Waals surface area contributed by atoms with Crippen molar-refractivity contribution in [3.8, 4) is 23.0 Å². The number of ether oxygens (including phenoxy) is 1. The normalized spacial score (nSPS) is 12.5. The highest BCUT2D eigenvalue weighted by Crippen LogP contribution is 2.43. The highest BCUT2D eigenvalue weighted by Gasteiger charge is 2.37. The van der Waals surface area contributed by atoms with Gasteiger partial charge in [-0.2, -0.15) is 0 Å². The SMILES string of the molecule is O=C(O)Oc1ccc2c(c1O)C(=O)c1c(O)ccc(O)c1C2=O. The minimum Gasteiger partial charge on any atom is -0.507 e. The van der Waals surface area contributed by atoms with E-state index in [-0.39, 0.29) is 11.1 Å². The lowest BCUT2D eigenvalue weighted by molar-refractivity contribution is 0.0970. The molecule has 2 aromatic rings. The summed E-state index contributed by atoms with van der Waals surface area (Å²) in [6.07, 6.45) is -1.71. The van der Waals surface area contributed by atoms with Gasteiger partial charge in [0.2, 0.25) is 5.78 Å². The van der Waals surface area contributed by atoms with E-state index < -0.39 is 51.8 Å². The lowest BCUT2D eigenvalue weighted by Gasteiger charge is -2.20. The topological polar surface area (TPSA) is 141 Å². The first-order valence-electron chi connectivity index (χ1n) is 6.24. The fourth-order valence-electron chi connectivity index (χ4n) is 2.47. The van der Waals surface area contributed by atoms with Gasteiger partial charge >= 0.3 is 6.16 Å². The Bertz CT molecular complexity index is 897. The number of phenolic OH excluding ortho intramolecular Hbond substituents is 3. The molecule has 0 aliphatic heterocycles. The van der Waals surface area contributed by atoms with Crippen LogP contribution in [0.15, 0.2) is 24.3 Å². The number of carbonyl (C=O) groups is 3. The summed E-state index contributed by atoms with van der Waals surface area (Å²) in [4.78, 5) is 35.5. The predicted octanol–water partition coefficient (Wildman–Crippen LogP) is 1.64. The molecule has 1 aliphatic rings.